The van der Waals surface area contributed by atoms with Crippen molar-refractivity contribution in [3.8, 4) is 0 Å². The van der Waals surface area contributed by atoms with Crippen LogP contribution >= 0.6 is 15.9 Å². The first kappa shape index (κ1) is 8.51. The third-order valence-corrected chi connectivity index (χ3v) is 2.11. The zero-order chi connectivity index (χ0) is 9.10. The van der Waals surface area contributed by atoms with Gasteiger partial charge in [-0.2, -0.15) is 0 Å². The van der Waals surface area contributed by atoms with Gasteiger partial charge in [0.2, 0.25) is 0 Å². The van der Waals surface area contributed by atoms with Crippen LogP contribution in [0.1, 0.15) is 11.3 Å². The van der Waals surface area contributed by atoms with Crippen LogP contribution in [0.3, 0.4) is 0 Å². The number of hydrogen-bond acceptors (Lipinski definition) is 2. The van der Waals surface area contributed by atoms with Gasteiger partial charge in [0.15, 0.2) is 0 Å². The Kier molecular flexibility index (Phi) is 2.45. The maximum atomic E-state index is 5.29. The molecule has 0 bridgehead atoms. The minimum atomic E-state index is 0.540. The minimum Gasteiger partial charge on any atom is -0.436 e. The zero-order valence-electron chi connectivity index (χ0n) is 6.90. The lowest BCUT2D eigenvalue weighted by Gasteiger charge is -1.95. The Bertz CT molecular complexity index is 383. The molecule has 0 amide bonds. The van der Waals surface area contributed by atoms with E-state index in [-0.39, 0.29) is 0 Å². The fourth-order valence-electron chi connectivity index (χ4n) is 1.16. The monoisotopic (exact) mass is 237 g/mol. The Morgan fingerprint density at radius 1 is 1.23 bits per heavy atom. The van der Waals surface area contributed by atoms with Crippen molar-refractivity contribution >= 4 is 15.9 Å². The Balaban J connectivity index is 2.15. The van der Waals surface area contributed by atoms with Crippen molar-refractivity contribution in [3.63, 3.8) is 0 Å². The van der Waals surface area contributed by atoms with Crippen LogP contribution in [0.25, 0.3) is 0 Å². The molecule has 0 radical (unpaired) electrons. The average molecular weight is 238 g/mol. The number of nitrogens with zero attached hydrogens (tertiary/aromatic N) is 1. The Morgan fingerprint density at radius 2 is 2.00 bits per heavy atom. The third kappa shape index (κ3) is 2.18. The molecule has 2 aromatic rings. The van der Waals surface area contributed by atoms with Gasteiger partial charge in [0.05, 0.1) is 6.20 Å². The van der Waals surface area contributed by atoms with E-state index in [4.69, 9.17) is 4.42 Å². The van der Waals surface area contributed by atoms with Gasteiger partial charge in [-0.3, -0.25) is 0 Å². The molecule has 0 atom stereocenters. The summed E-state index contributed by atoms with van der Waals surface area (Å²) in [5, 5.41) is 0. The molecular formula is C10H8BrNO. The van der Waals surface area contributed by atoms with Gasteiger partial charge in [-0.05, 0) is 5.56 Å². The van der Waals surface area contributed by atoms with E-state index in [9.17, 15) is 0 Å². The fourth-order valence-corrected chi connectivity index (χ4v) is 1.47. The van der Waals surface area contributed by atoms with Gasteiger partial charge >= 0.3 is 0 Å². The van der Waals surface area contributed by atoms with Crippen molar-refractivity contribution < 1.29 is 4.42 Å². The lowest BCUT2D eigenvalue weighted by Crippen LogP contribution is -1.83. The summed E-state index contributed by atoms with van der Waals surface area (Å²) in [5.41, 5.74) is 1.23. The largest absolute Gasteiger partial charge is 0.436 e. The Hall–Kier alpha value is -1.09. The summed E-state index contributed by atoms with van der Waals surface area (Å²) in [6.07, 6.45) is 2.52. The topological polar surface area (TPSA) is 26.0 Å². The zero-order valence-corrected chi connectivity index (χ0v) is 8.49. The summed E-state index contributed by atoms with van der Waals surface area (Å²) in [4.78, 5) is 4.50. The molecule has 66 valence electrons. The highest BCUT2D eigenvalue weighted by Crippen LogP contribution is 2.13. The molecular weight excluding hydrogens is 230 g/mol. The lowest BCUT2D eigenvalue weighted by atomic mass is 10.1. The molecule has 0 aliphatic rings. The quantitative estimate of drug-likeness (QED) is 0.803. The second-order valence-electron chi connectivity index (χ2n) is 2.74. The summed E-state index contributed by atoms with van der Waals surface area (Å²) >= 11 is 3.17. The fraction of sp³-hybridized carbons (Fsp3) is 0.100. The highest BCUT2D eigenvalue weighted by Gasteiger charge is 2.01. The van der Waals surface area contributed by atoms with E-state index in [0.29, 0.717) is 4.80 Å². The second-order valence-corrected chi connectivity index (χ2v) is 3.42. The second kappa shape index (κ2) is 3.75. The van der Waals surface area contributed by atoms with Crippen LogP contribution in [0, 0.1) is 0 Å². The molecule has 1 aromatic carbocycles. The smallest absolute Gasteiger partial charge is 0.264 e. The highest BCUT2D eigenvalue weighted by atomic mass is 79.9. The van der Waals surface area contributed by atoms with Crippen LogP contribution in [0.2, 0.25) is 0 Å². The Morgan fingerprint density at radius 3 is 2.62 bits per heavy atom. The van der Waals surface area contributed by atoms with Crippen LogP contribution in [0.4, 0.5) is 0 Å². The van der Waals surface area contributed by atoms with E-state index in [1.54, 1.807) is 6.20 Å². The predicted octanol–water partition coefficient (Wildman–Crippen LogP) is 3.03. The maximum absolute atomic E-state index is 5.29. The number of rotatable bonds is 2. The van der Waals surface area contributed by atoms with Crippen LogP contribution in [0.5, 0.6) is 0 Å². The van der Waals surface area contributed by atoms with E-state index < -0.39 is 0 Å². The highest BCUT2D eigenvalue weighted by molar-refractivity contribution is 9.10. The molecule has 2 nitrogen and oxygen atoms in total. The molecule has 13 heavy (non-hydrogen) atoms. The molecule has 2 rings (SSSR count). The maximum Gasteiger partial charge on any atom is 0.264 e. The van der Waals surface area contributed by atoms with E-state index in [2.05, 4.69) is 33.0 Å². The van der Waals surface area contributed by atoms with E-state index in [1.807, 2.05) is 18.2 Å². The third-order valence-electron chi connectivity index (χ3n) is 1.75. The number of benzene rings is 1. The summed E-state index contributed by atoms with van der Waals surface area (Å²) in [6, 6.07) is 10.2. The first-order valence-electron chi connectivity index (χ1n) is 3.99. The van der Waals surface area contributed by atoms with Crippen LogP contribution < -0.4 is 0 Å². The van der Waals surface area contributed by atoms with Crippen molar-refractivity contribution in [2.24, 2.45) is 0 Å². The van der Waals surface area contributed by atoms with Crippen molar-refractivity contribution in [3.05, 3.63) is 52.7 Å². The molecule has 0 unspecified atom stereocenters. The normalized spacial score (nSPS) is 10.2. The molecule has 0 spiro atoms. The molecule has 0 fully saturated rings. The van der Waals surface area contributed by atoms with Crippen molar-refractivity contribution in [2.45, 2.75) is 6.42 Å². The van der Waals surface area contributed by atoms with Crippen LogP contribution in [-0.2, 0) is 6.42 Å². The molecule has 0 N–H and O–H groups in total. The first-order valence-corrected chi connectivity index (χ1v) is 4.78. The SMILES string of the molecule is Brc1ncc(Cc2ccccc2)o1. The molecule has 0 saturated carbocycles. The molecule has 0 aliphatic heterocycles. The van der Waals surface area contributed by atoms with Crippen molar-refractivity contribution in [1.82, 2.24) is 4.98 Å². The van der Waals surface area contributed by atoms with Crippen LogP contribution in [-0.4, -0.2) is 4.98 Å². The minimum absolute atomic E-state index is 0.540. The van der Waals surface area contributed by atoms with E-state index in [1.165, 1.54) is 5.56 Å². The first-order chi connectivity index (χ1) is 6.34. The van der Waals surface area contributed by atoms with Gasteiger partial charge in [-0.1, -0.05) is 30.3 Å². The van der Waals surface area contributed by atoms with Gasteiger partial charge < -0.3 is 4.42 Å². The molecule has 0 aliphatic carbocycles. The summed E-state index contributed by atoms with van der Waals surface area (Å²) in [5.74, 6) is 0.873. The number of halogens is 1. The van der Waals surface area contributed by atoms with Gasteiger partial charge in [-0.15, -0.1) is 0 Å². The summed E-state index contributed by atoms with van der Waals surface area (Å²) in [6.45, 7) is 0. The van der Waals surface area contributed by atoms with E-state index >= 15 is 0 Å². The van der Waals surface area contributed by atoms with Gasteiger partial charge in [0.1, 0.15) is 5.76 Å². The molecule has 3 heteroatoms. The lowest BCUT2D eigenvalue weighted by molar-refractivity contribution is 0.489. The summed E-state index contributed by atoms with van der Waals surface area (Å²) in [7, 11) is 0. The van der Waals surface area contributed by atoms with Gasteiger partial charge in [0.25, 0.3) is 4.80 Å². The number of oxazole rings is 1. The van der Waals surface area contributed by atoms with Gasteiger partial charge in [-0.25, -0.2) is 4.98 Å². The molecule has 1 heterocycles. The predicted molar refractivity (Wildman–Crippen MR) is 53.5 cm³/mol. The van der Waals surface area contributed by atoms with E-state index in [0.717, 1.165) is 12.2 Å². The number of aromatic nitrogens is 1. The molecule has 1 aromatic heterocycles. The van der Waals surface area contributed by atoms with Crippen molar-refractivity contribution in [1.29, 1.82) is 0 Å². The standard InChI is InChI=1S/C10H8BrNO/c11-10-12-7-9(13-10)6-8-4-2-1-3-5-8/h1-5,7H,6H2. The average Bonchev–Trinajstić information content (AvgIpc) is 2.53. The van der Waals surface area contributed by atoms with Crippen molar-refractivity contribution in [2.75, 3.05) is 0 Å². The summed E-state index contributed by atoms with van der Waals surface area (Å²) < 4.78 is 5.29. The van der Waals surface area contributed by atoms with Crippen LogP contribution in [0.15, 0.2) is 45.7 Å². The van der Waals surface area contributed by atoms with Gasteiger partial charge in [0, 0.05) is 22.4 Å². The Labute approximate surface area is 84.7 Å². The number of hydrogen-bond donors (Lipinski definition) is 0. The molecule has 0 saturated heterocycles.